The van der Waals surface area contributed by atoms with Crippen LogP contribution in [-0.2, 0) is 11.2 Å². The molecule has 0 unspecified atom stereocenters. The van der Waals surface area contributed by atoms with Crippen molar-refractivity contribution >= 4 is 40.7 Å². The minimum absolute atomic E-state index is 0.00000259. The van der Waals surface area contributed by atoms with Crippen LogP contribution in [-0.4, -0.2) is 81.6 Å². The van der Waals surface area contributed by atoms with Gasteiger partial charge in [-0.15, -0.1) is 22.7 Å². The van der Waals surface area contributed by atoms with Crippen LogP contribution >= 0.6 is 22.7 Å². The van der Waals surface area contributed by atoms with Crippen molar-refractivity contribution in [3.05, 3.63) is 109 Å². The monoisotopic (exact) mass is 653 g/mol. The van der Waals surface area contributed by atoms with E-state index in [9.17, 15) is 14.7 Å². The van der Waals surface area contributed by atoms with Crippen molar-refractivity contribution in [2.24, 2.45) is 10.9 Å². The molecular formula is C36H39N5O3S2. The fraction of sp³-hybridized carbons (Fsp3) is 0.389. The lowest BCUT2D eigenvalue weighted by Crippen LogP contribution is -2.54. The van der Waals surface area contributed by atoms with Crippen LogP contribution in [0.3, 0.4) is 0 Å². The molecule has 0 radical (unpaired) electrons. The summed E-state index contributed by atoms with van der Waals surface area (Å²) in [6.07, 6.45) is 4.46. The number of aromatic nitrogens is 1. The van der Waals surface area contributed by atoms with Gasteiger partial charge in [0.1, 0.15) is 16.2 Å². The highest BCUT2D eigenvalue weighted by molar-refractivity contribution is 7.13. The molecule has 2 atom stereocenters. The molecule has 238 valence electrons. The number of piperidine rings is 2. The van der Waals surface area contributed by atoms with E-state index in [1.54, 1.807) is 11.3 Å². The zero-order valence-corrected chi connectivity index (χ0v) is 27.7. The second kappa shape index (κ2) is 13.1. The number of aryl methyl sites for hydroxylation is 1. The number of aliphatic hydroxyl groups is 1. The number of hydrogen-bond acceptors (Lipinski definition) is 8. The maximum Gasteiger partial charge on any atom is 0.265 e. The van der Waals surface area contributed by atoms with Crippen LogP contribution in [0.1, 0.15) is 56.7 Å². The van der Waals surface area contributed by atoms with Gasteiger partial charge < -0.3 is 19.8 Å². The van der Waals surface area contributed by atoms with E-state index in [1.807, 2.05) is 58.5 Å². The zero-order valence-electron chi connectivity index (χ0n) is 26.0. The predicted molar refractivity (Wildman–Crippen MR) is 181 cm³/mol. The summed E-state index contributed by atoms with van der Waals surface area (Å²) in [6.45, 7) is 5.03. The highest BCUT2D eigenvalue weighted by atomic mass is 32.1. The van der Waals surface area contributed by atoms with Crippen molar-refractivity contribution < 1.29 is 14.7 Å². The average Bonchev–Trinajstić information content (AvgIpc) is 3.70. The molecule has 3 aliphatic heterocycles. The van der Waals surface area contributed by atoms with Crippen LogP contribution in [0.4, 0.5) is 0 Å². The number of rotatable bonds is 7. The fourth-order valence-electron chi connectivity index (χ4n) is 7.05. The SMILES string of the molecule is Cc1nc(Cc2ccccc2)sc1C(=O)N1CC[C@@H](C(=O)N2CCC(O)(CN3C=c4ccsc4=NC3)CC2)[C@H](c2ccccc2)C1. The number of carbonyl (C=O) groups excluding carboxylic acids is 2. The molecule has 0 saturated carbocycles. The summed E-state index contributed by atoms with van der Waals surface area (Å²) in [5.74, 6) is -0.196. The van der Waals surface area contributed by atoms with Gasteiger partial charge in [-0.1, -0.05) is 60.7 Å². The molecule has 1 N–H and O–H groups in total. The number of thiophene rings is 1. The summed E-state index contributed by atoms with van der Waals surface area (Å²) in [5.41, 5.74) is 2.15. The van der Waals surface area contributed by atoms with Crippen LogP contribution in [0.2, 0.25) is 0 Å². The van der Waals surface area contributed by atoms with E-state index in [1.165, 1.54) is 16.9 Å². The second-order valence-corrected chi connectivity index (χ2v) is 14.7. The Kier molecular flexibility index (Phi) is 8.76. The Morgan fingerprint density at radius 3 is 2.48 bits per heavy atom. The van der Waals surface area contributed by atoms with Crippen LogP contribution in [0, 0.1) is 12.8 Å². The van der Waals surface area contributed by atoms with E-state index < -0.39 is 5.60 Å². The Hall–Kier alpha value is -3.86. The van der Waals surface area contributed by atoms with Gasteiger partial charge in [-0.05, 0) is 48.8 Å². The Labute approximate surface area is 277 Å². The van der Waals surface area contributed by atoms with Crippen molar-refractivity contribution in [3.8, 4) is 0 Å². The number of likely N-dealkylation sites (tertiary alicyclic amines) is 2. The molecule has 7 rings (SSSR count). The molecule has 2 saturated heterocycles. The number of carbonyl (C=O) groups is 2. The van der Waals surface area contributed by atoms with Gasteiger partial charge in [-0.25, -0.2) is 4.98 Å². The van der Waals surface area contributed by atoms with Crippen molar-refractivity contribution in [1.82, 2.24) is 19.7 Å². The van der Waals surface area contributed by atoms with Gasteiger partial charge in [0.2, 0.25) is 5.91 Å². The topological polar surface area (TPSA) is 89.3 Å². The van der Waals surface area contributed by atoms with Gasteiger partial charge in [0, 0.05) is 62.4 Å². The Balaban J connectivity index is 1.02. The van der Waals surface area contributed by atoms with Gasteiger partial charge in [0.15, 0.2) is 0 Å². The van der Waals surface area contributed by atoms with Crippen LogP contribution in [0.25, 0.3) is 6.20 Å². The molecule has 4 aromatic rings. The number of β-amino-alcohol motifs (C(OH)–C–C–N with tert-alkyl or cyclic N) is 1. The van der Waals surface area contributed by atoms with Crippen LogP contribution in [0.5, 0.6) is 0 Å². The first-order valence-corrected chi connectivity index (χ1v) is 17.7. The third-order valence-electron chi connectivity index (χ3n) is 9.57. The number of amides is 2. The van der Waals surface area contributed by atoms with E-state index in [0.717, 1.165) is 26.2 Å². The lowest BCUT2D eigenvalue weighted by Gasteiger charge is -2.44. The molecule has 0 bridgehead atoms. The number of thiazole rings is 1. The zero-order chi connectivity index (χ0) is 31.7. The molecule has 8 nitrogen and oxygen atoms in total. The fourth-order valence-corrected chi connectivity index (χ4v) is 8.85. The standard InChI is InChI=1S/C36H39N5O3S2/c1-25-32(46-31(38-25)20-26-8-4-2-5-9-26)35(43)41-16-12-29(30(22-41)27-10-6-3-7-11-27)34(42)40-17-14-36(44,15-18-40)23-39-21-28-13-19-45-33(28)37-24-39/h2-11,13,19,21,29-30,44H,12,14-18,20,22-24H2,1H3/t29-,30+/m1/s1. The number of fused-ring (bicyclic) bond motifs is 1. The van der Waals surface area contributed by atoms with Crippen molar-refractivity contribution in [1.29, 1.82) is 0 Å². The summed E-state index contributed by atoms with van der Waals surface area (Å²) in [4.78, 5) is 44.0. The first-order chi connectivity index (χ1) is 22.3. The maximum atomic E-state index is 14.1. The normalized spacial score (nSPS) is 20.9. The minimum atomic E-state index is -0.864. The highest BCUT2D eigenvalue weighted by Gasteiger charge is 2.42. The summed E-state index contributed by atoms with van der Waals surface area (Å²) >= 11 is 3.11. The van der Waals surface area contributed by atoms with Crippen molar-refractivity contribution in [2.45, 2.75) is 44.1 Å². The lowest BCUT2D eigenvalue weighted by molar-refractivity contribution is -0.142. The summed E-state index contributed by atoms with van der Waals surface area (Å²) in [5, 5.41) is 15.6. The van der Waals surface area contributed by atoms with Crippen molar-refractivity contribution in [3.63, 3.8) is 0 Å². The maximum absolute atomic E-state index is 14.1. The van der Waals surface area contributed by atoms with Gasteiger partial charge in [-0.3, -0.25) is 14.6 Å². The number of hydrogen-bond donors (Lipinski definition) is 1. The molecule has 5 heterocycles. The predicted octanol–water partition coefficient (Wildman–Crippen LogP) is 4.03. The van der Waals surface area contributed by atoms with Crippen LogP contribution in [0.15, 0.2) is 77.1 Å². The second-order valence-electron chi connectivity index (χ2n) is 12.8. The Morgan fingerprint density at radius 2 is 1.72 bits per heavy atom. The van der Waals surface area contributed by atoms with Crippen molar-refractivity contribution in [2.75, 3.05) is 39.4 Å². The first-order valence-electron chi connectivity index (χ1n) is 16.0. The van der Waals surface area contributed by atoms with Gasteiger partial charge in [0.25, 0.3) is 5.91 Å². The van der Waals surface area contributed by atoms with Crippen LogP contribution < -0.4 is 9.89 Å². The van der Waals surface area contributed by atoms with E-state index in [-0.39, 0.29) is 23.7 Å². The molecular weight excluding hydrogens is 615 g/mol. The molecule has 0 spiro atoms. The summed E-state index contributed by atoms with van der Waals surface area (Å²) < 4.78 is 1.04. The Morgan fingerprint density at radius 1 is 0.978 bits per heavy atom. The highest BCUT2D eigenvalue weighted by Crippen LogP contribution is 2.36. The largest absolute Gasteiger partial charge is 0.388 e. The molecule has 2 aromatic carbocycles. The van der Waals surface area contributed by atoms with E-state index in [0.29, 0.717) is 70.0 Å². The molecule has 3 aliphatic rings. The molecule has 0 aliphatic carbocycles. The third kappa shape index (κ3) is 6.52. The number of nitrogens with zero attached hydrogens (tertiary/aromatic N) is 5. The van der Waals surface area contributed by atoms with Gasteiger partial charge in [-0.2, -0.15) is 0 Å². The Bertz CT molecular complexity index is 1810. The molecule has 46 heavy (non-hydrogen) atoms. The van der Waals surface area contributed by atoms with Gasteiger partial charge >= 0.3 is 0 Å². The average molecular weight is 654 g/mol. The minimum Gasteiger partial charge on any atom is -0.388 e. The molecule has 2 fully saturated rings. The molecule has 10 heteroatoms. The van der Waals surface area contributed by atoms with Gasteiger partial charge in [0.05, 0.1) is 16.3 Å². The number of benzene rings is 2. The lowest BCUT2D eigenvalue weighted by atomic mass is 9.79. The summed E-state index contributed by atoms with van der Waals surface area (Å²) in [7, 11) is 0. The summed E-state index contributed by atoms with van der Waals surface area (Å²) in [6, 6.07) is 22.4. The first kappa shape index (κ1) is 30.8. The molecule has 2 aromatic heterocycles. The smallest absolute Gasteiger partial charge is 0.265 e. The quantitative estimate of drug-likeness (QED) is 0.326. The molecule has 2 amide bonds. The van der Waals surface area contributed by atoms with E-state index >= 15 is 0 Å². The third-order valence-corrected chi connectivity index (χ3v) is 11.6. The van der Waals surface area contributed by atoms with E-state index in [4.69, 9.17) is 4.98 Å². The van der Waals surface area contributed by atoms with E-state index in [2.05, 4.69) is 46.4 Å².